The Morgan fingerprint density at radius 3 is 2.70 bits per heavy atom. The smallest absolute Gasteiger partial charge is 0.130 e. The molecule has 3 rings (SSSR count). The predicted octanol–water partition coefficient (Wildman–Crippen LogP) is 3.75. The van der Waals surface area contributed by atoms with Gasteiger partial charge in [-0.3, -0.25) is 4.68 Å². The van der Waals surface area contributed by atoms with E-state index in [0.29, 0.717) is 10.8 Å². The lowest BCUT2D eigenvalue weighted by atomic mass is 10.0. The third-order valence-corrected chi connectivity index (χ3v) is 4.34. The second kappa shape index (κ2) is 4.92. The SMILES string of the molecule is Cc1ncc(-c2nn(C)c(N)c2-c2ccccc2Cl)s1. The average Bonchev–Trinajstić information content (AvgIpc) is 2.96. The Labute approximate surface area is 125 Å². The van der Waals surface area contributed by atoms with Crippen LogP contribution in [0.2, 0.25) is 5.02 Å². The van der Waals surface area contributed by atoms with Gasteiger partial charge >= 0.3 is 0 Å². The molecule has 0 atom stereocenters. The zero-order valence-corrected chi connectivity index (χ0v) is 12.7. The van der Waals surface area contributed by atoms with Crippen LogP contribution in [0.5, 0.6) is 0 Å². The van der Waals surface area contributed by atoms with Crippen LogP contribution < -0.4 is 5.73 Å². The summed E-state index contributed by atoms with van der Waals surface area (Å²) >= 11 is 7.89. The van der Waals surface area contributed by atoms with Crippen LogP contribution in [0, 0.1) is 6.92 Å². The predicted molar refractivity (Wildman–Crippen MR) is 83.9 cm³/mol. The Morgan fingerprint density at radius 2 is 2.05 bits per heavy atom. The standard InChI is InChI=1S/C14H13ClN4S/c1-8-17-7-11(20-8)13-12(14(16)19(2)18-13)9-5-3-4-6-10(9)15/h3-7H,16H2,1-2H3. The Bertz CT molecular complexity index is 775. The first kappa shape index (κ1) is 13.1. The molecule has 2 aromatic heterocycles. The molecular weight excluding hydrogens is 292 g/mol. The summed E-state index contributed by atoms with van der Waals surface area (Å²) in [6.07, 6.45) is 1.82. The highest BCUT2D eigenvalue weighted by atomic mass is 35.5. The highest BCUT2D eigenvalue weighted by Crippen LogP contribution is 2.40. The van der Waals surface area contributed by atoms with Gasteiger partial charge in [0, 0.05) is 23.8 Å². The highest BCUT2D eigenvalue weighted by Gasteiger charge is 2.20. The van der Waals surface area contributed by atoms with Crippen LogP contribution in [0.4, 0.5) is 5.82 Å². The number of nitrogen functional groups attached to an aromatic ring is 1. The van der Waals surface area contributed by atoms with E-state index in [9.17, 15) is 0 Å². The summed E-state index contributed by atoms with van der Waals surface area (Å²) in [5.41, 5.74) is 8.75. The molecule has 0 aliphatic rings. The van der Waals surface area contributed by atoms with Gasteiger partial charge in [-0.2, -0.15) is 5.10 Å². The van der Waals surface area contributed by atoms with Gasteiger partial charge in [-0.05, 0) is 13.0 Å². The zero-order chi connectivity index (χ0) is 14.3. The minimum absolute atomic E-state index is 0.596. The molecule has 0 saturated carbocycles. The molecule has 0 aliphatic heterocycles. The second-order valence-corrected chi connectivity index (χ2v) is 6.10. The molecule has 0 bridgehead atoms. The number of aryl methyl sites for hydroxylation is 2. The number of halogens is 1. The quantitative estimate of drug-likeness (QED) is 0.784. The molecule has 0 amide bonds. The van der Waals surface area contributed by atoms with Gasteiger partial charge in [-0.15, -0.1) is 11.3 Å². The van der Waals surface area contributed by atoms with Crippen molar-refractivity contribution >= 4 is 28.8 Å². The van der Waals surface area contributed by atoms with Crippen molar-refractivity contribution in [1.29, 1.82) is 0 Å². The van der Waals surface area contributed by atoms with Gasteiger partial charge in [0.15, 0.2) is 0 Å². The lowest BCUT2D eigenvalue weighted by Gasteiger charge is -2.05. The summed E-state index contributed by atoms with van der Waals surface area (Å²) in [5.74, 6) is 0.596. The molecule has 6 heteroatoms. The summed E-state index contributed by atoms with van der Waals surface area (Å²) in [7, 11) is 1.83. The number of anilines is 1. The minimum Gasteiger partial charge on any atom is -0.383 e. The maximum absolute atomic E-state index is 6.30. The molecule has 0 unspecified atom stereocenters. The molecule has 0 radical (unpaired) electrons. The van der Waals surface area contributed by atoms with E-state index in [-0.39, 0.29) is 0 Å². The van der Waals surface area contributed by atoms with Crippen molar-refractivity contribution in [2.75, 3.05) is 5.73 Å². The van der Waals surface area contributed by atoms with Crippen LogP contribution in [-0.4, -0.2) is 14.8 Å². The van der Waals surface area contributed by atoms with E-state index in [1.165, 1.54) is 0 Å². The number of nitrogens with zero attached hydrogens (tertiary/aromatic N) is 3. The van der Waals surface area contributed by atoms with Gasteiger partial charge in [0.1, 0.15) is 11.5 Å². The van der Waals surface area contributed by atoms with Crippen LogP contribution >= 0.6 is 22.9 Å². The average molecular weight is 305 g/mol. The number of nitrogens with two attached hydrogens (primary N) is 1. The van der Waals surface area contributed by atoms with E-state index >= 15 is 0 Å². The Morgan fingerprint density at radius 1 is 1.30 bits per heavy atom. The molecule has 20 heavy (non-hydrogen) atoms. The maximum atomic E-state index is 6.30. The molecule has 0 fully saturated rings. The van der Waals surface area contributed by atoms with Gasteiger partial charge in [0.05, 0.1) is 15.4 Å². The molecule has 102 valence electrons. The Kier molecular flexibility index (Phi) is 3.23. The van der Waals surface area contributed by atoms with E-state index in [1.54, 1.807) is 16.0 Å². The van der Waals surface area contributed by atoms with Gasteiger partial charge in [0.2, 0.25) is 0 Å². The molecule has 0 spiro atoms. The lowest BCUT2D eigenvalue weighted by Crippen LogP contribution is -1.98. The molecule has 3 aromatic rings. The van der Waals surface area contributed by atoms with Crippen molar-refractivity contribution < 1.29 is 0 Å². The molecule has 2 N–H and O–H groups in total. The van der Waals surface area contributed by atoms with Gasteiger partial charge < -0.3 is 5.73 Å². The van der Waals surface area contributed by atoms with E-state index < -0.39 is 0 Å². The van der Waals surface area contributed by atoms with Crippen molar-refractivity contribution in [3.63, 3.8) is 0 Å². The van der Waals surface area contributed by atoms with Crippen molar-refractivity contribution in [3.8, 4) is 21.7 Å². The third-order valence-electron chi connectivity index (χ3n) is 3.09. The van der Waals surface area contributed by atoms with Crippen LogP contribution in [0.1, 0.15) is 5.01 Å². The Hall–Kier alpha value is -1.85. The third kappa shape index (κ3) is 2.09. The second-order valence-electron chi connectivity index (χ2n) is 4.46. The fourth-order valence-corrected chi connectivity index (χ4v) is 3.11. The summed E-state index contributed by atoms with van der Waals surface area (Å²) < 4.78 is 1.67. The summed E-state index contributed by atoms with van der Waals surface area (Å²) in [6.45, 7) is 1.97. The van der Waals surface area contributed by atoms with E-state index in [0.717, 1.165) is 26.7 Å². The summed E-state index contributed by atoms with van der Waals surface area (Å²) in [6, 6.07) is 7.64. The molecule has 0 aliphatic carbocycles. The van der Waals surface area contributed by atoms with Crippen molar-refractivity contribution in [2.24, 2.45) is 7.05 Å². The topological polar surface area (TPSA) is 56.7 Å². The molecule has 4 nitrogen and oxygen atoms in total. The molecule has 1 aromatic carbocycles. The number of benzene rings is 1. The van der Waals surface area contributed by atoms with E-state index in [2.05, 4.69) is 10.1 Å². The minimum atomic E-state index is 0.596. The Balaban J connectivity index is 2.28. The van der Waals surface area contributed by atoms with Gasteiger partial charge in [0.25, 0.3) is 0 Å². The van der Waals surface area contributed by atoms with Gasteiger partial charge in [-0.1, -0.05) is 29.8 Å². The highest BCUT2D eigenvalue weighted by molar-refractivity contribution is 7.15. The summed E-state index contributed by atoms with van der Waals surface area (Å²) in [4.78, 5) is 5.28. The van der Waals surface area contributed by atoms with Crippen LogP contribution in [-0.2, 0) is 7.05 Å². The molecular formula is C14H13ClN4S. The normalized spacial score (nSPS) is 10.9. The van der Waals surface area contributed by atoms with E-state index in [4.69, 9.17) is 17.3 Å². The summed E-state index contributed by atoms with van der Waals surface area (Å²) in [5, 5.41) is 6.17. The number of hydrogen-bond donors (Lipinski definition) is 1. The van der Waals surface area contributed by atoms with Crippen LogP contribution in [0.3, 0.4) is 0 Å². The molecule has 0 saturated heterocycles. The number of rotatable bonds is 2. The van der Waals surface area contributed by atoms with Crippen LogP contribution in [0.15, 0.2) is 30.5 Å². The largest absolute Gasteiger partial charge is 0.383 e. The van der Waals surface area contributed by atoms with Crippen molar-refractivity contribution in [1.82, 2.24) is 14.8 Å². The van der Waals surface area contributed by atoms with Crippen molar-refractivity contribution in [2.45, 2.75) is 6.92 Å². The monoisotopic (exact) mass is 304 g/mol. The maximum Gasteiger partial charge on any atom is 0.130 e. The van der Waals surface area contributed by atoms with Crippen molar-refractivity contribution in [3.05, 3.63) is 40.5 Å². The molecule has 2 heterocycles. The number of hydrogen-bond acceptors (Lipinski definition) is 4. The first-order valence-electron chi connectivity index (χ1n) is 6.08. The first-order chi connectivity index (χ1) is 9.58. The van der Waals surface area contributed by atoms with Crippen LogP contribution in [0.25, 0.3) is 21.7 Å². The number of thiazole rings is 1. The fourth-order valence-electron chi connectivity index (χ4n) is 2.11. The first-order valence-corrected chi connectivity index (χ1v) is 7.27. The van der Waals surface area contributed by atoms with E-state index in [1.807, 2.05) is 44.4 Å². The number of aromatic nitrogens is 3. The lowest BCUT2D eigenvalue weighted by molar-refractivity contribution is 0.783. The zero-order valence-electron chi connectivity index (χ0n) is 11.1. The fraction of sp³-hybridized carbons (Fsp3) is 0.143. The van der Waals surface area contributed by atoms with Gasteiger partial charge in [-0.25, -0.2) is 4.98 Å².